The Bertz CT molecular complexity index is 542. The first-order chi connectivity index (χ1) is 10.7. The highest BCUT2D eigenvalue weighted by Crippen LogP contribution is 2.47. The van der Waals surface area contributed by atoms with E-state index >= 15 is 0 Å². The minimum absolute atomic E-state index is 0.784. The Morgan fingerprint density at radius 3 is 2.55 bits per heavy atom. The molecule has 22 heavy (non-hydrogen) atoms. The van der Waals surface area contributed by atoms with Crippen LogP contribution in [0.25, 0.3) is 0 Å². The number of fused-ring (bicyclic) bond motifs is 2. The minimum Gasteiger partial charge on any atom is -0.495 e. The maximum absolute atomic E-state index is 6.18. The molecule has 2 bridgehead atoms. The summed E-state index contributed by atoms with van der Waals surface area (Å²) in [6.07, 6.45) is 5.90. The van der Waals surface area contributed by atoms with Crippen molar-refractivity contribution in [2.75, 3.05) is 38.2 Å². The molecule has 0 aromatic heterocycles. The molecule has 1 aromatic carbocycles. The van der Waals surface area contributed by atoms with Crippen LogP contribution < -0.4 is 9.64 Å². The predicted octanol–water partition coefficient (Wildman–Crippen LogP) is 3.66. The Morgan fingerprint density at radius 1 is 1.09 bits per heavy atom. The van der Waals surface area contributed by atoms with Crippen LogP contribution >= 0.6 is 11.6 Å². The molecule has 0 spiro atoms. The van der Waals surface area contributed by atoms with Crippen LogP contribution in [0.3, 0.4) is 0 Å². The fourth-order valence-electron chi connectivity index (χ4n) is 4.86. The summed E-state index contributed by atoms with van der Waals surface area (Å²) in [5, 5.41) is 0.784. The maximum atomic E-state index is 6.18. The van der Waals surface area contributed by atoms with Gasteiger partial charge in [0.15, 0.2) is 0 Å². The van der Waals surface area contributed by atoms with E-state index in [4.69, 9.17) is 16.3 Å². The number of halogens is 1. The van der Waals surface area contributed by atoms with Crippen molar-refractivity contribution in [1.82, 2.24) is 4.90 Å². The van der Waals surface area contributed by atoms with E-state index in [2.05, 4.69) is 9.80 Å². The van der Waals surface area contributed by atoms with E-state index in [1.165, 1.54) is 38.8 Å². The van der Waals surface area contributed by atoms with Crippen LogP contribution in [0.2, 0.25) is 5.02 Å². The second-order valence-corrected chi connectivity index (χ2v) is 7.52. The molecule has 1 unspecified atom stereocenters. The molecule has 3 nitrogen and oxygen atoms in total. The Kier molecular flexibility index (Phi) is 3.95. The summed E-state index contributed by atoms with van der Waals surface area (Å²) in [7, 11) is 1.73. The van der Waals surface area contributed by atoms with E-state index in [1.807, 2.05) is 18.2 Å². The lowest BCUT2D eigenvalue weighted by molar-refractivity contribution is 0.135. The summed E-state index contributed by atoms with van der Waals surface area (Å²) in [5.41, 5.74) is 1.14. The number of benzene rings is 1. The second kappa shape index (κ2) is 5.93. The topological polar surface area (TPSA) is 15.7 Å². The molecule has 0 amide bonds. The van der Waals surface area contributed by atoms with Gasteiger partial charge in [-0.15, -0.1) is 0 Å². The third kappa shape index (κ3) is 2.59. The van der Waals surface area contributed by atoms with Crippen LogP contribution in [0.4, 0.5) is 5.69 Å². The Balaban J connectivity index is 1.43. The zero-order chi connectivity index (χ0) is 15.1. The van der Waals surface area contributed by atoms with E-state index in [0.29, 0.717) is 0 Å². The number of piperazine rings is 1. The highest BCUT2D eigenvalue weighted by molar-refractivity contribution is 6.30. The number of hydrogen-bond donors (Lipinski definition) is 0. The molecule has 3 fully saturated rings. The molecular formula is C18H25ClN2O. The number of nitrogens with zero attached hydrogens (tertiary/aromatic N) is 2. The van der Waals surface area contributed by atoms with E-state index in [0.717, 1.165) is 47.4 Å². The average Bonchev–Trinajstić information content (AvgIpc) is 3.18. The fourth-order valence-corrected chi connectivity index (χ4v) is 5.03. The average molecular weight is 321 g/mol. The van der Waals surface area contributed by atoms with Gasteiger partial charge in [0.1, 0.15) is 5.75 Å². The number of ether oxygens (including phenoxy) is 1. The third-order valence-corrected chi connectivity index (χ3v) is 6.20. The first-order valence-electron chi connectivity index (χ1n) is 8.57. The molecule has 2 saturated carbocycles. The van der Waals surface area contributed by atoms with Gasteiger partial charge in [-0.25, -0.2) is 0 Å². The van der Waals surface area contributed by atoms with Crippen LogP contribution in [0, 0.1) is 11.8 Å². The monoisotopic (exact) mass is 320 g/mol. The van der Waals surface area contributed by atoms with E-state index < -0.39 is 0 Å². The van der Waals surface area contributed by atoms with Crippen molar-refractivity contribution in [1.29, 1.82) is 0 Å². The summed E-state index contributed by atoms with van der Waals surface area (Å²) in [4.78, 5) is 5.17. The summed E-state index contributed by atoms with van der Waals surface area (Å²) in [5.74, 6) is 2.94. The number of methoxy groups -OCH3 is 1. The van der Waals surface area contributed by atoms with E-state index in [-0.39, 0.29) is 0 Å². The summed E-state index contributed by atoms with van der Waals surface area (Å²) in [6.45, 7) is 4.49. The van der Waals surface area contributed by atoms with Crippen LogP contribution in [0.1, 0.15) is 25.7 Å². The Hall–Kier alpha value is -0.930. The Morgan fingerprint density at radius 2 is 1.91 bits per heavy atom. The lowest BCUT2D eigenvalue weighted by atomic mass is 9.93. The summed E-state index contributed by atoms with van der Waals surface area (Å²) < 4.78 is 5.51. The molecule has 4 rings (SSSR count). The summed E-state index contributed by atoms with van der Waals surface area (Å²) >= 11 is 6.18. The van der Waals surface area contributed by atoms with Crippen molar-refractivity contribution in [3.05, 3.63) is 23.2 Å². The predicted molar refractivity (Wildman–Crippen MR) is 91.0 cm³/mol. The van der Waals surface area contributed by atoms with Gasteiger partial charge >= 0.3 is 0 Å². The van der Waals surface area contributed by atoms with Gasteiger partial charge in [-0.3, -0.25) is 4.90 Å². The van der Waals surface area contributed by atoms with E-state index in [1.54, 1.807) is 7.11 Å². The van der Waals surface area contributed by atoms with Crippen LogP contribution in [0.15, 0.2) is 18.2 Å². The van der Waals surface area contributed by atoms with Crippen molar-refractivity contribution < 1.29 is 4.74 Å². The zero-order valence-electron chi connectivity index (χ0n) is 13.3. The fraction of sp³-hybridized carbons (Fsp3) is 0.667. The van der Waals surface area contributed by atoms with Gasteiger partial charge in [-0.2, -0.15) is 0 Å². The van der Waals surface area contributed by atoms with Gasteiger partial charge in [-0.05, 0) is 49.3 Å². The van der Waals surface area contributed by atoms with Crippen molar-refractivity contribution in [3.63, 3.8) is 0 Å². The quantitative estimate of drug-likeness (QED) is 0.845. The molecule has 2 aliphatic carbocycles. The molecular weight excluding hydrogens is 296 g/mol. The highest BCUT2D eigenvalue weighted by Gasteiger charge is 2.42. The van der Waals surface area contributed by atoms with Crippen molar-refractivity contribution >= 4 is 17.3 Å². The molecule has 1 heterocycles. The highest BCUT2D eigenvalue weighted by atomic mass is 35.5. The second-order valence-electron chi connectivity index (χ2n) is 7.08. The number of hydrogen-bond acceptors (Lipinski definition) is 3. The molecule has 1 saturated heterocycles. The molecule has 4 heteroatoms. The lowest BCUT2D eigenvalue weighted by Gasteiger charge is -2.42. The van der Waals surface area contributed by atoms with Gasteiger partial charge < -0.3 is 9.64 Å². The van der Waals surface area contributed by atoms with Gasteiger partial charge in [0.25, 0.3) is 0 Å². The maximum Gasteiger partial charge on any atom is 0.142 e. The van der Waals surface area contributed by atoms with Gasteiger partial charge in [0, 0.05) is 37.2 Å². The molecule has 1 aliphatic heterocycles. The smallest absolute Gasteiger partial charge is 0.142 e. The molecule has 120 valence electrons. The minimum atomic E-state index is 0.784. The van der Waals surface area contributed by atoms with Gasteiger partial charge in [-0.1, -0.05) is 18.0 Å². The van der Waals surface area contributed by atoms with Gasteiger partial charge in [0.05, 0.1) is 12.8 Å². The van der Waals surface area contributed by atoms with Crippen molar-refractivity contribution in [2.45, 2.75) is 31.7 Å². The lowest BCUT2D eigenvalue weighted by Crippen LogP contribution is -2.51. The summed E-state index contributed by atoms with van der Waals surface area (Å²) in [6, 6.07) is 6.77. The largest absolute Gasteiger partial charge is 0.495 e. The normalized spacial score (nSPS) is 31.7. The van der Waals surface area contributed by atoms with Crippen LogP contribution in [-0.2, 0) is 0 Å². The first-order valence-corrected chi connectivity index (χ1v) is 8.95. The number of anilines is 1. The molecule has 1 aromatic rings. The molecule has 0 N–H and O–H groups in total. The standard InChI is InChI=1S/C18H25ClN2O/c1-22-18-5-4-15(19)12-17(18)21-8-6-20(7-9-21)16-11-13-2-3-14(16)10-13/h4-5,12-14,16H,2-3,6-11H2,1H3/t13-,14+,16?/m1/s1. The molecule has 0 radical (unpaired) electrons. The van der Waals surface area contributed by atoms with Crippen LogP contribution in [-0.4, -0.2) is 44.2 Å². The zero-order valence-corrected chi connectivity index (χ0v) is 14.1. The SMILES string of the molecule is COc1ccc(Cl)cc1N1CCN(C2C[C@@H]3CC[C@H]2C3)CC1. The van der Waals surface area contributed by atoms with Crippen LogP contribution in [0.5, 0.6) is 5.75 Å². The van der Waals surface area contributed by atoms with Crippen molar-refractivity contribution in [2.24, 2.45) is 11.8 Å². The van der Waals surface area contributed by atoms with Gasteiger partial charge in [0.2, 0.25) is 0 Å². The molecule has 3 aliphatic rings. The van der Waals surface area contributed by atoms with E-state index in [9.17, 15) is 0 Å². The first kappa shape index (κ1) is 14.6. The Labute approximate surface area is 138 Å². The number of rotatable bonds is 3. The van der Waals surface area contributed by atoms with Crippen molar-refractivity contribution in [3.8, 4) is 5.75 Å². The molecule has 3 atom stereocenters. The third-order valence-electron chi connectivity index (χ3n) is 5.97.